The summed E-state index contributed by atoms with van der Waals surface area (Å²) in [4.78, 5) is 32.5. The highest BCUT2D eigenvalue weighted by molar-refractivity contribution is 5.97. The number of methoxy groups -OCH3 is 1. The van der Waals surface area contributed by atoms with Crippen molar-refractivity contribution in [2.24, 2.45) is 0 Å². The van der Waals surface area contributed by atoms with Gasteiger partial charge in [0.1, 0.15) is 0 Å². The van der Waals surface area contributed by atoms with Crippen LogP contribution in [0.1, 0.15) is 20.7 Å². The third-order valence-electron chi connectivity index (χ3n) is 1.79. The van der Waals surface area contributed by atoms with E-state index in [1.54, 1.807) is 6.07 Å². The predicted octanol–water partition coefficient (Wildman–Crippen LogP) is -0.136. The molecule has 0 aliphatic rings. The van der Waals surface area contributed by atoms with Crippen LogP contribution in [-0.2, 0) is 9.53 Å². The third kappa shape index (κ3) is 2.81. The number of hydrazine groups is 1. The van der Waals surface area contributed by atoms with Crippen LogP contribution in [-0.4, -0.2) is 25.4 Å². The minimum atomic E-state index is -0.530. The minimum Gasteiger partial charge on any atom is -0.465 e. The monoisotopic (exact) mass is 222 g/mol. The van der Waals surface area contributed by atoms with Crippen LogP contribution in [0.25, 0.3) is 0 Å². The van der Waals surface area contributed by atoms with E-state index < -0.39 is 11.9 Å². The van der Waals surface area contributed by atoms with Crippen molar-refractivity contribution < 1.29 is 19.1 Å². The van der Waals surface area contributed by atoms with Crippen molar-refractivity contribution in [2.75, 3.05) is 7.11 Å². The van der Waals surface area contributed by atoms with Crippen molar-refractivity contribution in [3.05, 3.63) is 35.4 Å². The number of esters is 1. The van der Waals surface area contributed by atoms with Crippen molar-refractivity contribution in [1.29, 1.82) is 0 Å². The first-order valence-corrected chi connectivity index (χ1v) is 4.37. The third-order valence-corrected chi connectivity index (χ3v) is 1.79. The van der Waals surface area contributed by atoms with Gasteiger partial charge in [-0.25, -0.2) is 4.79 Å². The molecule has 0 unspecified atom stereocenters. The molecule has 0 bridgehead atoms. The molecule has 1 aromatic carbocycles. The summed E-state index contributed by atoms with van der Waals surface area (Å²) in [5, 5.41) is 0. The number of hydrogen-bond acceptors (Lipinski definition) is 4. The van der Waals surface area contributed by atoms with E-state index in [-0.39, 0.29) is 11.1 Å². The smallest absolute Gasteiger partial charge is 0.337 e. The average Bonchev–Trinajstić information content (AvgIpc) is 2.35. The van der Waals surface area contributed by atoms with Crippen LogP contribution in [0.4, 0.5) is 0 Å². The van der Waals surface area contributed by atoms with E-state index in [4.69, 9.17) is 0 Å². The molecule has 0 spiro atoms. The molecule has 0 heterocycles. The Morgan fingerprint density at radius 1 is 1.31 bits per heavy atom. The molecular weight excluding hydrogens is 212 g/mol. The minimum absolute atomic E-state index is 0.247. The zero-order valence-corrected chi connectivity index (χ0v) is 8.52. The lowest BCUT2D eigenvalue weighted by Gasteiger charge is -2.04. The molecule has 0 atom stereocenters. The van der Waals surface area contributed by atoms with Gasteiger partial charge in [0.05, 0.1) is 12.7 Å². The first kappa shape index (κ1) is 11.7. The van der Waals surface area contributed by atoms with Crippen LogP contribution < -0.4 is 10.9 Å². The highest BCUT2D eigenvalue weighted by atomic mass is 16.5. The highest BCUT2D eigenvalue weighted by Gasteiger charge is 2.09. The van der Waals surface area contributed by atoms with Crippen molar-refractivity contribution in [2.45, 2.75) is 0 Å². The normalized spacial score (nSPS) is 9.06. The molecule has 1 rings (SSSR count). The lowest BCUT2D eigenvalue weighted by molar-refractivity contribution is -0.110. The van der Waals surface area contributed by atoms with Gasteiger partial charge in [0.2, 0.25) is 6.41 Å². The van der Waals surface area contributed by atoms with Gasteiger partial charge in [-0.3, -0.25) is 20.4 Å². The number of benzene rings is 1. The van der Waals surface area contributed by atoms with E-state index in [0.717, 1.165) is 0 Å². The van der Waals surface area contributed by atoms with Crippen LogP contribution in [0.3, 0.4) is 0 Å². The summed E-state index contributed by atoms with van der Waals surface area (Å²) in [6.45, 7) is 0. The fourth-order valence-corrected chi connectivity index (χ4v) is 1.07. The van der Waals surface area contributed by atoms with Gasteiger partial charge in [0.15, 0.2) is 0 Å². The summed E-state index contributed by atoms with van der Waals surface area (Å²) in [7, 11) is 1.25. The maximum absolute atomic E-state index is 11.4. The molecule has 16 heavy (non-hydrogen) atoms. The molecule has 0 fully saturated rings. The molecule has 0 saturated carbocycles. The SMILES string of the molecule is COC(=O)c1cccc(C(=O)NNC=O)c1. The standard InChI is InChI=1S/C10H10N2O4/c1-16-10(15)8-4-2-3-7(5-8)9(14)12-11-6-13/h2-6H,1H3,(H,11,13)(H,12,14). The Morgan fingerprint density at radius 2 is 2.00 bits per heavy atom. The fourth-order valence-electron chi connectivity index (χ4n) is 1.07. The maximum atomic E-state index is 11.4. The lowest BCUT2D eigenvalue weighted by Crippen LogP contribution is -2.36. The Bertz CT molecular complexity index is 417. The second-order valence-corrected chi connectivity index (χ2v) is 2.79. The second kappa shape index (κ2) is 5.50. The summed E-state index contributed by atoms with van der Waals surface area (Å²) in [6, 6.07) is 5.94. The number of nitrogens with one attached hydrogen (secondary N) is 2. The van der Waals surface area contributed by atoms with E-state index in [0.29, 0.717) is 6.41 Å². The number of hydrogen-bond donors (Lipinski definition) is 2. The van der Waals surface area contributed by atoms with Crippen LogP contribution in [0.2, 0.25) is 0 Å². The molecular formula is C10H10N2O4. The summed E-state index contributed by atoms with van der Waals surface area (Å²) in [5.41, 5.74) is 4.65. The van der Waals surface area contributed by atoms with Crippen molar-refractivity contribution >= 4 is 18.3 Å². The second-order valence-electron chi connectivity index (χ2n) is 2.79. The van der Waals surface area contributed by atoms with E-state index >= 15 is 0 Å². The zero-order chi connectivity index (χ0) is 12.0. The summed E-state index contributed by atoms with van der Waals surface area (Å²) in [6.07, 6.45) is 0.335. The average molecular weight is 222 g/mol. The van der Waals surface area contributed by atoms with Crippen molar-refractivity contribution in [1.82, 2.24) is 10.9 Å². The summed E-state index contributed by atoms with van der Waals surface area (Å²) >= 11 is 0. The number of amides is 2. The molecule has 2 N–H and O–H groups in total. The van der Waals surface area contributed by atoms with E-state index in [2.05, 4.69) is 10.2 Å². The largest absolute Gasteiger partial charge is 0.465 e. The first-order valence-electron chi connectivity index (χ1n) is 4.37. The summed E-state index contributed by atoms with van der Waals surface area (Å²) in [5.74, 6) is -1.05. The molecule has 2 amide bonds. The van der Waals surface area contributed by atoms with E-state index in [9.17, 15) is 14.4 Å². The Labute approximate surface area is 91.6 Å². The number of rotatable bonds is 4. The van der Waals surface area contributed by atoms with Gasteiger partial charge in [0.25, 0.3) is 5.91 Å². The first-order chi connectivity index (χ1) is 7.69. The molecule has 84 valence electrons. The highest BCUT2D eigenvalue weighted by Crippen LogP contribution is 2.06. The molecule has 0 aliphatic carbocycles. The van der Waals surface area contributed by atoms with Crippen molar-refractivity contribution in [3.63, 3.8) is 0 Å². The number of carbonyl (C=O) groups is 3. The van der Waals surface area contributed by atoms with Crippen LogP contribution in [0.15, 0.2) is 24.3 Å². The van der Waals surface area contributed by atoms with Gasteiger partial charge in [-0.15, -0.1) is 0 Å². The molecule has 1 aromatic rings. The molecule has 6 heteroatoms. The molecule has 0 radical (unpaired) electrons. The molecule has 0 aliphatic heterocycles. The Balaban J connectivity index is 2.85. The molecule has 0 aromatic heterocycles. The van der Waals surface area contributed by atoms with Gasteiger partial charge in [-0.1, -0.05) is 6.07 Å². The summed E-state index contributed by atoms with van der Waals surface area (Å²) < 4.78 is 4.51. The van der Waals surface area contributed by atoms with Crippen LogP contribution in [0, 0.1) is 0 Å². The zero-order valence-electron chi connectivity index (χ0n) is 8.52. The quantitative estimate of drug-likeness (QED) is 0.422. The lowest BCUT2D eigenvalue weighted by atomic mass is 10.1. The Kier molecular flexibility index (Phi) is 4.02. The fraction of sp³-hybridized carbons (Fsp3) is 0.100. The van der Waals surface area contributed by atoms with Gasteiger partial charge >= 0.3 is 5.97 Å². The van der Waals surface area contributed by atoms with Gasteiger partial charge < -0.3 is 4.74 Å². The van der Waals surface area contributed by atoms with Crippen LogP contribution in [0.5, 0.6) is 0 Å². The Morgan fingerprint density at radius 3 is 2.62 bits per heavy atom. The maximum Gasteiger partial charge on any atom is 0.337 e. The molecule has 6 nitrogen and oxygen atoms in total. The van der Waals surface area contributed by atoms with Gasteiger partial charge in [-0.2, -0.15) is 0 Å². The Hall–Kier alpha value is -2.37. The number of ether oxygens (including phenoxy) is 1. The van der Waals surface area contributed by atoms with Gasteiger partial charge in [0, 0.05) is 5.56 Å². The topological polar surface area (TPSA) is 84.5 Å². The van der Waals surface area contributed by atoms with Crippen LogP contribution >= 0.6 is 0 Å². The molecule has 0 saturated heterocycles. The number of carbonyl (C=O) groups excluding carboxylic acids is 3. The van der Waals surface area contributed by atoms with E-state index in [1.807, 2.05) is 5.43 Å². The van der Waals surface area contributed by atoms with Gasteiger partial charge in [-0.05, 0) is 18.2 Å². The van der Waals surface area contributed by atoms with E-state index in [1.165, 1.54) is 25.3 Å². The van der Waals surface area contributed by atoms with Crippen molar-refractivity contribution in [3.8, 4) is 0 Å². The predicted molar refractivity (Wildman–Crippen MR) is 54.4 cm³/mol.